The van der Waals surface area contributed by atoms with E-state index >= 15 is 0 Å². The highest BCUT2D eigenvalue weighted by Gasteiger charge is 2.28. The molecule has 0 aliphatic carbocycles. The molecule has 1 aromatic rings. The van der Waals surface area contributed by atoms with E-state index < -0.39 is 0 Å². The number of nitrogens with zero attached hydrogens (tertiary/aromatic N) is 2. The van der Waals surface area contributed by atoms with Crippen LogP contribution in [0.25, 0.3) is 0 Å². The highest BCUT2D eigenvalue weighted by molar-refractivity contribution is 5.94. The molecule has 0 spiro atoms. The van der Waals surface area contributed by atoms with Crippen LogP contribution >= 0.6 is 12.4 Å². The van der Waals surface area contributed by atoms with Gasteiger partial charge in [0.05, 0.1) is 5.69 Å². The summed E-state index contributed by atoms with van der Waals surface area (Å²) in [4.78, 5) is 11.9. The van der Waals surface area contributed by atoms with Crippen LogP contribution < -0.4 is 10.6 Å². The predicted molar refractivity (Wildman–Crippen MR) is 66.4 cm³/mol. The Morgan fingerprint density at radius 2 is 2.29 bits per heavy atom. The Morgan fingerprint density at radius 1 is 1.47 bits per heavy atom. The van der Waals surface area contributed by atoms with Crippen molar-refractivity contribution in [1.82, 2.24) is 20.4 Å². The second-order valence-corrected chi connectivity index (χ2v) is 4.59. The maximum Gasteiger partial charge on any atom is 0.269 e. The van der Waals surface area contributed by atoms with Crippen LogP contribution in [-0.2, 0) is 19.5 Å². The molecule has 5 nitrogen and oxygen atoms in total. The first-order chi connectivity index (χ1) is 7.75. The van der Waals surface area contributed by atoms with E-state index in [0.717, 1.165) is 49.4 Å². The molecule has 17 heavy (non-hydrogen) atoms. The first-order valence-electron chi connectivity index (χ1n) is 5.86. The topological polar surface area (TPSA) is 59.0 Å². The predicted octanol–water partition coefficient (Wildman–Crippen LogP) is 0.473. The van der Waals surface area contributed by atoms with E-state index in [4.69, 9.17) is 0 Å². The van der Waals surface area contributed by atoms with Gasteiger partial charge in [-0.2, -0.15) is 5.10 Å². The molecule has 6 heteroatoms. The minimum Gasteiger partial charge on any atom is -0.351 e. The van der Waals surface area contributed by atoms with E-state index in [0.29, 0.717) is 6.04 Å². The van der Waals surface area contributed by atoms with Gasteiger partial charge in [-0.15, -0.1) is 12.4 Å². The summed E-state index contributed by atoms with van der Waals surface area (Å²) >= 11 is 0. The minimum atomic E-state index is 0. The summed E-state index contributed by atoms with van der Waals surface area (Å²) in [6, 6.07) is 0.453. The summed E-state index contributed by atoms with van der Waals surface area (Å²) in [5.41, 5.74) is 2.96. The largest absolute Gasteiger partial charge is 0.351 e. The van der Waals surface area contributed by atoms with Crippen molar-refractivity contribution in [2.24, 2.45) is 0 Å². The molecular formula is C11H17ClN4O. The monoisotopic (exact) mass is 256 g/mol. The van der Waals surface area contributed by atoms with Crippen molar-refractivity contribution in [3.05, 3.63) is 17.0 Å². The van der Waals surface area contributed by atoms with Gasteiger partial charge in [-0.25, -0.2) is 0 Å². The third-order valence-corrected chi connectivity index (χ3v) is 3.31. The third-order valence-electron chi connectivity index (χ3n) is 3.31. The summed E-state index contributed by atoms with van der Waals surface area (Å²) in [5, 5.41) is 10.9. The van der Waals surface area contributed by atoms with Crippen LogP contribution in [0.4, 0.5) is 0 Å². The van der Waals surface area contributed by atoms with Crippen LogP contribution in [0.15, 0.2) is 0 Å². The number of carbonyl (C=O) groups excluding carboxylic acids is 1. The third kappa shape index (κ3) is 2.05. The fourth-order valence-electron chi connectivity index (χ4n) is 2.47. The summed E-state index contributed by atoms with van der Waals surface area (Å²) in [6.45, 7) is 4.50. The number of halogens is 1. The second kappa shape index (κ2) is 4.66. The van der Waals surface area contributed by atoms with Crippen LogP contribution in [0.3, 0.4) is 0 Å². The molecule has 2 aliphatic heterocycles. The van der Waals surface area contributed by atoms with Crippen molar-refractivity contribution < 1.29 is 4.79 Å². The number of hydrogen-bond donors (Lipinski definition) is 2. The van der Waals surface area contributed by atoms with Crippen molar-refractivity contribution in [2.75, 3.05) is 6.54 Å². The number of aromatic nitrogens is 2. The number of fused-ring (bicyclic) bond motifs is 3. The molecular weight excluding hydrogens is 240 g/mol. The van der Waals surface area contributed by atoms with Gasteiger partial charge in [0.1, 0.15) is 5.69 Å². The minimum absolute atomic E-state index is 0. The molecule has 1 aromatic heterocycles. The van der Waals surface area contributed by atoms with E-state index in [1.807, 2.05) is 4.68 Å². The van der Waals surface area contributed by atoms with Crippen molar-refractivity contribution >= 4 is 18.3 Å². The van der Waals surface area contributed by atoms with E-state index in [-0.39, 0.29) is 18.3 Å². The highest BCUT2D eigenvalue weighted by atomic mass is 35.5. The molecule has 2 aliphatic rings. The van der Waals surface area contributed by atoms with Gasteiger partial charge in [-0.1, -0.05) is 0 Å². The molecule has 0 saturated carbocycles. The van der Waals surface area contributed by atoms with E-state index in [1.54, 1.807) is 0 Å². The zero-order chi connectivity index (χ0) is 11.1. The molecule has 2 N–H and O–H groups in total. The van der Waals surface area contributed by atoms with Crippen LogP contribution in [0, 0.1) is 0 Å². The Labute approximate surface area is 106 Å². The van der Waals surface area contributed by atoms with Crippen molar-refractivity contribution in [3.63, 3.8) is 0 Å². The molecule has 94 valence electrons. The zero-order valence-electron chi connectivity index (χ0n) is 9.82. The lowest BCUT2D eigenvalue weighted by molar-refractivity contribution is 0.0949. The van der Waals surface area contributed by atoms with Crippen LogP contribution in [0.1, 0.15) is 35.1 Å². The summed E-state index contributed by atoms with van der Waals surface area (Å²) in [7, 11) is 0. The van der Waals surface area contributed by atoms with Gasteiger partial charge in [0.15, 0.2) is 0 Å². The normalized spacial score (nSPS) is 22.9. The number of hydrogen-bond acceptors (Lipinski definition) is 3. The van der Waals surface area contributed by atoms with Crippen LogP contribution in [0.5, 0.6) is 0 Å². The van der Waals surface area contributed by atoms with Gasteiger partial charge < -0.3 is 10.6 Å². The summed E-state index contributed by atoms with van der Waals surface area (Å²) < 4.78 is 1.88. The highest BCUT2D eigenvalue weighted by Crippen LogP contribution is 2.21. The molecule has 1 amide bonds. The number of rotatable bonds is 0. The number of nitrogens with one attached hydrogen (secondary N) is 2. The number of aryl methyl sites for hydroxylation is 1. The van der Waals surface area contributed by atoms with Gasteiger partial charge in [0.2, 0.25) is 0 Å². The fourth-order valence-corrected chi connectivity index (χ4v) is 2.47. The lowest BCUT2D eigenvalue weighted by Crippen LogP contribution is -2.34. The molecule has 0 saturated heterocycles. The van der Waals surface area contributed by atoms with Gasteiger partial charge >= 0.3 is 0 Å². The molecule has 0 fully saturated rings. The van der Waals surface area contributed by atoms with Crippen LogP contribution in [-0.4, -0.2) is 28.3 Å². The van der Waals surface area contributed by atoms with E-state index in [9.17, 15) is 4.79 Å². The fraction of sp³-hybridized carbons (Fsp3) is 0.636. The molecule has 1 atom stereocenters. The Bertz CT molecular complexity index is 443. The molecule has 0 aromatic carbocycles. The van der Waals surface area contributed by atoms with Gasteiger partial charge in [0.25, 0.3) is 5.91 Å². The van der Waals surface area contributed by atoms with Crippen LogP contribution in [0.2, 0.25) is 0 Å². The number of amides is 1. The van der Waals surface area contributed by atoms with Gasteiger partial charge in [-0.3, -0.25) is 9.48 Å². The maximum absolute atomic E-state index is 11.9. The smallest absolute Gasteiger partial charge is 0.269 e. The van der Waals surface area contributed by atoms with Crippen molar-refractivity contribution in [3.8, 4) is 0 Å². The van der Waals surface area contributed by atoms with E-state index in [1.165, 1.54) is 0 Å². The lowest BCUT2D eigenvalue weighted by Gasteiger charge is -2.19. The Hall–Kier alpha value is -1.07. The maximum atomic E-state index is 11.9. The Balaban J connectivity index is 0.00000108. The van der Waals surface area contributed by atoms with Crippen molar-refractivity contribution in [1.29, 1.82) is 0 Å². The molecule has 0 unspecified atom stereocenters. The zero-order valence-corrected chi connectivity index (χ0v) is 10.6. The van der Waals surface area contributed by atoms with Gasteiger partial charge in [-0.05, 0) is 13.3 Å². The summed E-state index contributed by atoms with van der Waals surface area (Å²) in [5.74, 6) is 0.0302. The average molecular weight is 257 g/mol. The second-order valence-electron chi connectivity index (χ2n) is 4.59. The average Bonchev–Trinajstić information content (AvgIpc) is 2.51. The Kier molecular flexibility index (Phi) is 3.40. The quantitative estimate of drug-likeness (QED) is 0.710. The molecule has 0 radical (unpaired) electrons. The SMILES string of the molecule is C[C@@H]1Cc2nn3c(c2CN1)C(=O)NCCC3.Cl. The first kappa shape index (κ1) is 12.4. The molecule has 0 bridgehead atoms. The molecule has 3 heterocycles. The van der Waals surface area contributed by atoms with E-state index in [2.05, 4.69) is 22.7 Å². The standard InChI is InChI=1S/C11H16N4O.ClH/c1-7-5-9-8(6-13-7)10-11(16)12-3-2-4-15(10)14-9;/h7,13H,2-6H2,1H3,(H,12,16);1H/t7-;/m1./s1. The first-order valence-corrected chi connectivity index (χ1v) is 5.86. The summed E-state index contributed by atoms with van der Waals surface area (Å²) in [6.07, 6.45) is 1.88. The number of carbonyl (C=O) groups is 1. The van der Waals surface area contributed by atoms with Crippen molar-refractivity contribution in [2.45, 2.75) is 38.9 Å². The molecule has 3 rings (SSSR count). The lowest BCUT2D eigenvalue weighted by atomic mass is 10.0. The van der Waals surface area contributed by atoms with Gasteiger partial charge in [0, 0.05) is 37.7 Å². The Morgan fingerprint density at radius 3 is 3.12 bits per heavy atom.